The normalized spacial score (nSPS) is 16.5. The first kappa shape index (κ1) is 23.1. The molecular weight excluding hydrogens is 418 g/mol. The fraction of sp³-hybridized carbons (Fsp3) is 0.462. The van der Waals surface area contributed by atoms with Crippen LogP contribution in [0.25, 0.3) is 0 Å². The molecule has 2 amide bonds. The predicted molar refractivity (Wildman–Crippen MR) is 128 cm³/mol. The van der Waals surface area contributed by atoms with Gasteiger partial charge in [-0.3, -0.25) is 9.59 Å². The van der Waals surface area contributed by atoms with Crippen LogP contribution in [0.1, 0.15) is 61.5 Å². The number of para-hydroxylation sites is 1. The van der Waals surface area contributed by atoms with Crippen molar-refractivity contribution in [2.45, 2.75) is 51.6 Å². The number of amides is 2. The summed E-state index contributed by atoms with van der Waals surface area (Å²) in [5.74, 6) is 1.40. The fourth-order valence-corrected chi connectivity index (χ4v) is 4.51. The molecule has 3 N–H and O–H groups in total. The Hall–Kier alpha value is -3.06. The SMILES string of the molecule is CC(C)[C@H](NCC(=O)Nc1ccccc1C(=O)NC1CCCC1)c1ccc2c(c1)OCCO2. The highest BCUT2D eigenvalue weighted by Gasteiger charge is 2.22. The Morgan fingerprint density at radius 3 is 2.48 bits per heavy atom. The van der Waals surface area contributed by atoms with E-state index in [-0.39, 0.29) is 36.4 Å². The first-order valence-corrected chi connectivity index (χ1v) is 11.8. The summed E-state index contributed by atoms with van der Waals surface area (Å²) in [6.07, 6.45) is 4.33. The van der Waals surface area contributed by atoms with Gasteiger partial charge in [0.15, 0.2) is 11.5 Å². The molecular formula is C26H33N3O4. The molecule has 0 radical (unpaired) electrons. The van der Waals surface area contributed by atoms with E-state index in [1.54, 1.807) is 12.1 Å². The lowest BCUT2D eigenvalue weighted by atomic mass is 9.95. The van der Waals surface area contributed by atoms with Crippen molar-refractivity contribution in [1.82, 2.24) is 10.6 Å². The van der Waals surface area contributed by atoms with E-state index in [4.69, 9.17) is 9.47 Å². The van der Waals surface area contributed by atoms with E-state index in [1.807, 2.05) is 30.3 Å². The van der Waals surface area contributed by atoms with E-state index in [1.165, 1.54) is 0 Å². The molecule has 2 aliphatic rings. The molecule has 176 valence electrons. The van der Waals surface area contributed by atoms with Gasteiger partial charge >= 0.3 is 0 Å². The van der Waals surface area contributed by atoms with Crippen molar-refractivity contribution in [2.75, 3.05) is 25.1 Å². The van der Waals surface area contributed by atoms with E-state index in [2.05, 4.69) is 29.8 Å². The maximum atomic E-state index is 12.8. The van der Waals surface area contributed by atoms with Crippen LogP contribution in [-0.2, 0) is 4.79 Å². The van der Waals surface area contributed by atoms with E-state index >= 15 is 0 Å². The van der Waals surface area contributed by atoms with Crippen LogP contribution in [0, 0.1) is 5.92 Å². The molecule has 1 aliphatic heterocycles. The van der Waals surface area contributed by atoms with Gasteiger partial charge in [-0.05, 0) is 48.6 Å². The van der Waals surface area contributed by atoms with Gasteiger partial charge in [0.25, 0.3) is 5.91 Å². The minimum absolute atomic E-state index is 0.0347. The Bertz CT molecular complexity index is 985. The van der Waals surface area contributed by atoms with Crippen LogP contribution in [0.2, 0.25) is 0 Å². The molecule has 0 aromatic heterocycles. The van der Waals surface area contributed by atoms with Gasteiger partial charge in [-0.2, -0.15) is 0 Å². The van der Waals surface area contributed by atoms with Crippen molar-refractivity contribution in [3.05, 3.63) is 53.6 Å². The molecule has 1 atom stereocenters. The van der Waals surface area contributed by atoms with Crippen LogP contribution < -0.4 is 25.4 Å². The molecule has 33 heavy (non-hydrogen) atoms. The van der Waals surface area contributed by atoms with Gasteiger partial charge in [0.1, 0.15) is 13.2 Å². The Labute approximate surface area is 195 Å². The average Bonchev–Trinajstić information content (AvgIpc) is 3.32. The topological polar surface area (TPSA) is 88.7 Å². The highest BCUT2D eigenvalue weighted by Crippen LogP contribution is 2.34. The molecule has 0 bridgehead atoms. The second-order valence-corrected chi connectivity index (χ2v) is 9.05. The summed E-state index contributed by atoms with van der Waals surface area (Å²) in [6, 6.07) is 13.2. The number of benzene rings is 2. The van der Waals surface area contributed by atoms with Gasteiger partial charge in [-0.25, -0.2) is 0 Å². The summed E-state index contributed by atoms with van der Waals surface area (Å²) in [5.41, 5.74) is 2.06. The maximum Gasteiger partial charge on any atom is 0.253 e. The Balaban J connectivity index is 1.38. The van der Waals surface area contributed by atoms with Crippen molar-refractivity contribution in [3.63, 3.8) is 0 Å². The fourth-order valence-electron chi connectivity index (χ4n) is 4.51. The van der Waals surface area contributed by atoms with Crippen LogP contribution in [0.5, 0.6) is 11.5 Å². The molecule has 0 unspecified atom stereocenters. The number of hydrogen-bond donors (Lipinski definition) is 3. The number of ether oxygens (including phenoxy) is 2. The zero-order valence-electron chi connectivity index (χ0n) is 19.4. The van der Waals surface area contributed by atoms with Gasteiger partial charge in [0.2, 0.25) is 5.91 Å². The minimum Gasteiger partial charge on any atom is -0.486 e. The third-order valence-electron chi connectivity index (χ3n) is 6.21. The number of fused-ring (bicyclic) bond motifs is 1. The monoisotopic (exact) mass is 451 g/mol. The summed E-state index contributed by atoms with van der Waals surface area (Å²) >= 11 is 0. The van der Waals surface area contributed by atoms with E-state index in [0.29, 0.717) is 24.5 Å². The molecule has 1 fully saturated rings. The molecule has 7 nitrogen and oxygen atoms in total. The van der Waals surface area contributed by atoms with Gasteiger partial charge < -0.3 is 25.4 Å². The number of rotatable bonds is 8. The second-order valence-electron chi connectivity index (χ2n) is 9.05. The largest absolute Gasteiger partial charge is 0.486 e. The van der Waals surface area contributed by atoms with Crippen molar-refractivity contribution >= 4 is 17.5 Å². The lowest BCUT2D eigenvalue weighted by Crippen LogP contribution is -2.35. The maximum absolute atomic E-state index is 12.8. The molecule has 1 heterocycles. The van der Waals surface area contributed by atoms with Crippen LogP contribution >= 0.6 is 0 Å². The number of carbonyl (C=O) groups is 2. The Kier molecular flexibility index (Phi) is 7.50. The highest BCUT2D eigenvalue weighted by molar-refractivity contribution is 6.04. The third-order valence-corrected chi connectivity index (χ3v) is 6.21. The highest BCUT2D eigenvalue weighted by atomic mass is 16.6. The van der Waals surface area contributed by atoms with Crippen molar-refractivity contribution in [1.29, 1.82) is 0 Å². The zero-order valence-corrected chi connectivity index (χ0v) is 19.4. The van der Waals surface area contributed by atoms with Crippen LogP contribution in [0.4, 0.5) is 5.69 Å². The molecule has 7 heteroatoms. The summed E-state index contributed by atoms with van der Waals surface area (Å²) in [6.45, 7) is 5.42. The first-order chi connectivity index (χ1) is 16.0. The van der Waals surface area contributed by atoms with Crippen LogP contribution in [0.15, 0.2) is 42.5 Å². The van der Waals surface area contributed by atoms with E-state index in [0.717, 1.165) is 42.7 Å². The molecule has 2 aromatic rings. The van der Waals surface area contributed by atoms with Crippen LogP contribution in [0.3, 0.4) is 0 Å². The summed E-state index contributed by atoms with van der Waals surface area (Å²) < 4.78 is 11.3. The number of hydrogen-bond acceptors (Lipinski definition) is 5. The summed E-state index contributed by atoms with van der Waals surface area (Å²) in [5, 5.41) is 9.36. The standard InChI is InChI=1S/C26H33N3O4/c1-17(2)25(18-11-12-22-23(15-18)33-14-13-32-22)27-16-24(30)29-21-10-6-5-9-20(21)26(31)28-19-7-3-4-8-19/h5-6,9-12,15,17,19,25,27H,3-4,7-8,13-14,16H2,1-2H3,(H,28,31)(H,29,30)/t25-/m0/s1. The molecule has 0 saturated heterocycles. The van der Waals surface area contributed by atoms with Gasteiger partial charge in [-0.1, -0.05) is 44.9 Å². The quantitative estimate of drug-likeness (QED) is 0.563. The van der Waals surface area contributed by atoms with E-state index < -0.39 is 0 Å². The van der Waals surface area contributed by atoms with Crippen molar-refractivity contribution < 1.29 is 19.1 Å². The van der Waals surface area contributed by atoms with Gasteiger partial charge in [0, 0.05) is 12.1 Å². The molecule has 1 aliphatic carbocycles. The molecule has 2 aromatic carbocycles. The smallest absolute Gasteiger partial charge is 0.253 e. The van der Waals surface area contributed by atoms with Gasteiger partial charge in [0.05, 0.1) is 17.8 Å². The lowest BCUT2D eigenvalue weighted by Gasteiger charge is -2.25. The van der Waals surface area contributed by atoms with Crippen molar-refractivity contribution in [3.8, 4) is 11.5 Å². The zero-order chi connectivity index (χ0) is 23.2. The lowest BCUT2D eigenvalue weighted by molar-refractivity contribution is -0.115. The number of anilines is 1. The summed E-state index contributed by atoms with van der Waals surface area (Å²) in [4.78, 5) is 25.5. The number of nitrogens with one attached hydrogen (secondary N) is 3. The van der Waals surface area contributed by atoms with E-state index in [9.17, 15) is 9.59 Å². The predicted octanol–water partition coefficient (Wildman–Crippen LogP) is 4.06. The number of carbonyl (C=O) groups excluding carboxylic acids is 2. The first-order valence-electron chi connectivity index (χ1n) is 11.8. The Morgan fingerprint density at radius 1 is 1.00 bits per heavy atom. The minimum atomic E-state index is -0.195. The summed E-state index contributed by atoms with van der Waals surface area (Å²) in [7, 11) is 0. The average molecular weight is 452 g/mol. The second kappa shape index (κ2) is 10.7. The molecule has 0 spiro atoms. The van der Waals surface area contributed by atoms with Gasteiger partial charge in [-0.15, -0.1) is 0 Å². The van der Waals surface area contributed by atoms with Crippen molar-refractivity contribution in [2.24, 2.45) is 5.92 Å². The molecule has 1 saturated carbocycles. The van der Waals surface area contributed by atoms with Crippen LogP contribution in [-0.4, -0.2) is 37.6 Å². The third kappa shape index (κ3) is 5.85. The Morgan fingerprint density at radius 2 is 1.73 bits per heavy atom. The molecule has 4 rings (SSSR count).